The highest BCUT2D eigenvalue weighted by Crippen LogP contribution is 2.33. The van der Waals surface area contributed by atoms with E-state index in [4.69, 9.17) is 18.4 Å². The molecule has 1 unspecified atom stereocenters. The van der Waals surface area contributed by atoms with Gasteiger partial charge < -0.3 is 18.4 Å². The van der Waals surface area contributed by atoms with Crippen molar-refractivity contribution in [3.8, 4) is 17.2 Å². The molecular formula is C31H28N2O8S2. The van der Waals surface area contributed by atoms with Gasteiger partial charge in [-0.25, -0.2) is 9.79 Å². The maximum atomic E-state index is 13.9. The Kier molecular flexibility index (Phi) is 8.51. The Hall–Kier alpha value is -4.68. The van der Waals surface area contributed by atoms with Crippen LogP contribution in [-0.2, 0) is 19.6 Å². The first-order valence-corrected chi connectivity index (χ1v) is 15.4. The number of esters is 1. The van der Waals surface area contributed by atoms with Crippen LogP contribution in [0.4, 0.5) is 0 Å². The summed E-state index contributed by atoms with van der Waals surface area (Å²) in [5, 5.41) is 0. The van der Waals surface area contributed by atoms with Crippen molar-refractivity contribution >= 4 is 33.5 Å². The van der Waals surface area contributed by atoms with E-state index in [0.29, 0.717) is 31.9 Å². The Labute approximate surface area is 251 Å². The Morgan fingerprint density at radius 2 is 1.72 bits per heavy atom. The van der Waals surface area contributed by atoms with Crippen LogP contribution in [-0.4, -0.2) is 39.8 Å². The Bertz CT molecular complexity index is 2000. The maximum absolute atomic E-state index is 13.9. The van der Waals surface area contributed by atoms with Crippen LogP contribution in [0.1, 0.15) is 31.0 Å². The van der Waals surface area contributed by atoms with Gasteiger partial charge in [-0.15, -0.1) is 0 Å². The Morgan fingerprint density at radius 3 is 2.37 bits per heavy atom. The number of fused-ring (bicyclic) bond motifs is 1. The van der Waals surface area contributed by atoms with Gasteiger partial charge in [0, 0.05) is 0 Å². The third-order valence-corrected chi connectivity index (χ3v) is 8.90. The molecule has 1 aliphatic rings. The van der Waals surface area contributed by atoms with Gasteiger partial charge in [-0.3, -0.25) is 9.36 Å². The van der Waals surface area contributed by atoms with Gasteiger partial charge in [-0.2, -0.15) is 8.42 Å². The third-order valence-electron chi connectivity index (χ3n) is 6.67. The fourth-order valence-corrected chi connectivity index (χ4v) is 6.65. The Balaban J connectivity index is 1.58. The minimum Gasteiger partial charge on any atom is -0.497 e. The van der Waals surface area contributed by atoms with Crippen LogP contribution in [0.15, 0.2) is 98.7 Å². The summed E-state index contributed by atoms with van der Waals surface area (Å²) >= 11 is 1.17. The highest BCUT2D eigenvalue weighted by molar-refractivity contribution is 7.87. The first-order valence-electron chi connectivity index (χ1n) is 13.2. The third kappa shape index (κ3) is 5.97. The number of hydrogen-bond acceptors (Lipinski definition) is 10. The van der Waals surface area contributed by atoms with E-state index in [0.717, 1.165) is 0 Å². The summed E-state index contributed by atoms with van der Waals surface area (Å²) in [5.41, 5.74) is 1.62. The molecule has 0 radical (unpaired) electrons. The first-order chi connectivity index (χ1) is 20.7. The van der Waals surface area contributed by atoms with Gasteiger partial charge in [0.2, 0.25) is 0 Å². The standard InChI is InChI=1S/C31H28N2O8S2/c1-5-40-30(35)27-19(2)32-31-33(28(27)21-12-14-22(38-3)15-13-21)29(34)26(42-31)18-20-11-16-24(25(17-20)39-4)41-43(36,37)23-9-7-6-8-10-23/h6-18,28H,5H2,1-4H3/b26-18+. The minimum atomic E-state index is -4.09. The van der Waals surface area contributed by atoms with Gasteiger partial charge in [-0.1, -0.05) is 47.7 Å². The highest BCUT2D eigenvalue weighted by Gasteiger charge is 2.33. The zero-order valence-corrected chi connectivity index (χ0v) is 25.4. The number of ether oxygens (including phenoxy) is 3. The lowest BCUT2D eigenvalue weighted by molar-refractivity contribution is -0.139. The van der Waals surface area contributed by atoms with Crippen LogP contribution < -0.4 is 28.5 Å². The predicted octanol–water partition coefficient (Wildman–Crippen LogP) is 3.58. The SMILES string of the molecule is CCOC(=O)C1=C(C)N=c2s/c(=C/c3ccc(OS(=O)(=O)c4ccccc4)c(OC)c3)c(=O)n2C1c1ccc(OC)cc1. The monoisotopic (exact) mass is 620 g/mol. The van der Waals surface area contributed by atoms with Crippen LogP contribution in [0.2, 0.25) is 0 Å². The molecule has 12 heteroatoms. The zero-order valence-electron chi connectivity index (χ0n) is 23.8. The molecule has 0 fully saturated rings. The molecule has 0 bridgehead atoms. The van der Waals surface area contributed by atoms with Crippen LogP contribution in [0.25, 0.3) is 6.08 Å². The molecule has 10 nitrogen and oxygen atoms in total. The lowest BCUT2D eigenvalue weighted by Gasteiger charge is -2.24. The fourth-order valence-electron chi connectivity index (χ4n) is 4.64. The number of allylic oxidation sites excluding steroid dienone is 1. The van der Waals surface area contributed by atoms with Gasteiger partial charge in [-0.05, 0) is 67.4 Å². The smallest absolute Gasteiger partial charge is 0.339 e. The second-order valence-electron chi connectivity index (χ2n) is 9.34. The number of methoxy groups -OCH3 is 2. The van der Waals surface area contributed by atoms with E-state index < -0.39 is 22.1 Å². The minimum absolute atomic E-state index is 0.000767. The van der Waals surface area contributed by atoms with Crippen molar-refractivity contribution in [3.05, 3.63) is 115 Å². The molecule has 0 saturated carbocycles. The number of aromatic nitrogens is 1. The number of nitrogens with zero attached hydrogens (tertiary/aromatic N) is 2. The second kappa shape index (κ2) is 12.3. The predicted molar refractivity (Wildman–Crippen MR) is 161 cm³/mol. The number of carbonyl (C=O) groups is 1. The molecule has 1 aliphatic heterocycles. The van der Waals surface area contributed by atoms with Gasteiger partial charge in [0.25, 0.3) is 5.56 Å². The molecule has 0 N–H and O–H groups in total. The number of benzene rings is 3. The lowest BCUT2D eigenvalue weighted by Crippen LogP contribution is -2.39. The summed E-state index contributed by atoms with van der Waals surface area (Å²) in [6, 6.07) is 18.8. The first kappa shape index (κ1) is 29.8. The molecule has 0 spiro atoms. The van der Waals surface area contributed by atoms with E-state index >= 15 is 0 Å². The van der Waals surface area contributed by atoms with Crippen molar-refractivity contribution in [2.24, 2.45) is 4.99 Å². The Morgan fingerprint density at radius 1 is 1.00 bits per heavy atom. The maximum Gasteiger partial charge on any atom is 0.339 e. The summed E-state index contributed by atoms with van der Waals surface area (Å²) < 4.78 is 48.7. The summed E-state index contributed by atoms with van der Waals surface area (Å²) in [6.45, 7) is 3.60. The van der Waals surface area contributed by atoms with E-state index in [-0.39, 0.29) is 34.1 Å². The summed E-state index contributed by atoms with van der Waals surface area (Å²) in [5.74, 6) is 0.244. The van der Waals surface area contributed by atoms with Crippen LogP contribution >= 0.6 is 11.3 Å². The van der Waals surface area contributed by atoms with E-state index in [1.54, 1.807) is 81.6 Å². The van der Waals surface area contributed by atoms with Gasteiger partial charge in [0.05, 0.1) is 42.7 Å². The molecule has 3 aromatic carbocycles. The highest BCUT2D eigenvalue weighted by atomic mass is 32.2. The van der Waals surface area contributed by atoms with E-state index in [9.17, 15) is 18.0 Å². The number of hydrogen-bond donors (Lipinski definition) is 0. The van der Waals surface area contributed by atoms with Crippen molar-refractivity contribution < 1.29 is 31.6 Å². The van der Waals surface area contributed by atoms with Crippen molar-refractivity contribution in [2.75, 3.05) is 20.8 Å². The molecular weight excluding hydrogens is 592 g/mol. The quantitative estimate of drug-likeness (QED) is 0.206. The molecule has 1 aromatic heterocycles. The summed E-state index contributed by atoms with van der Waals surface area (Å²) in [4.78, 5) is 32.0. The van der Waals surface area contributed by atoms with Crippen LogP contribution in [0.5, 0.6) is 17.2 Å². The molecule has 0 amide bonds. The summed E-state index contributed by atoms with van der Waals surface area (Å²) in [6.07, 6.45) is 1.65. The molecule has 4 aromatic rings. The van der Waals surface area contributed by atoms with Crippen LogP contribution in [0.3, 0.4) is 0 Å². The fraction of sp³-hybridized carbons (Fsp3) is 0.194. The summed E-state index contributed by atoms with van der Waals surface area (Å²) in [7, 11) is -1.14. The van der Waals surface area contributed by atoms with E-state index in [1.807, 2.05) is 0 Å². The molecule has 43 heavy (non-hydrogen) atoms. The molecule has 0 saturated heterocycles. The largest absolute Gasteiger partial charge is 0.497 e. The topological polar surface area (TPSA) is 122 Å². The van der Waals surface area contributed by atoms with E-state index in [2.05, 4.69) is 4.99 Å². The van der Waals surface area contributed by atoms with Crippen LogP contribution in [0, 0.1) is 0 Å². The molecule has 1 atom stereocenters. The van der Waals surface area contributed by atoms with Gasteiger partial charge in [0.15, 0.2) is 16.3 Å². The van der Waals surface area contributed by atoms with Crippen molar-refractivity contribution in [1.82, 2.24) is 4.57 Å². The molecule has 2 heterocycles. The molecule has 222 valence electrons. The zero-order chi connectivity index (χ0) is 30.7. The lowest BCUT2D eigenvalue weighted by atomic mass is 9.96. The average molecular weight is 621 g/mol. The van der Waals surface area contributed by atoms with Crippen molar-refractivity contribution in [1.29, 1.82) is 0 Å². The number of carbonyl (C=O) groups excluding carboxylic acids is 1. The molecule has 5 rings (SSSR count). The van der Waals surface area contributed by atoms with Gasteiger partial charge in [0.1, 0.15) is 10.6 Å². The number of thiazole rings is 1. The average Bonchev–Trinajstić information content (AvgIpc) is 3.31. The second-order valence-corrected chi connectivity index (χ2v) is 11.9. The normalized spacial score (nSPS) is 15.0. The van der Waals surface area contributed by atoms with Gasteiger partial charge >= 0.3 is 16.1 Å². The van der Waals surface area contributed by atoms with Crippen molar-refractivity contribution in [2.45, 2.75) is 24.8 Å². The molecule has 0 aliphatic carbocycles. The number of rotatable bonds is 9. The van der Waals surface area contributed by atoms with Crippen molar-refractivity contribution in [3.63, 3.8) is 0 Å². The van der Waals surface area contributed by atoms with E-state index in [1.165, 1.54) is 41.2 Å².